The van der Waals surface area contributed by atoms with Gasteiger partial charge in [-0.3, -0.25) is 9.59 Å². The van der Waals surface area contributed by atoms with Gasteiger partial charge in [-0.25, -0.2) is 0 Å². The summed E-state index contributed by atoms with van der Waals surface area (Å²) in [6.07, 6.45) is 3.30. The van der Waals surface area contributed by atoms with Gasteiger partial charge in [-0.2, -0.15) is 0 Å². The molecule has 1 amide bonds. The third-order valence-corrected chi connectivity index (χ3v) is 3.43. The molecule has 0 fully saturated rings. The smallest absolute Gasteiger partial charge is 0.305 e. The first-order valence-electron chi connectivity index (χ1n) is 7.13. The van der Waals surface area contributed by atoms with E-state index < -0.39 is 5.97 Å². The van der Waals surface area contributed by atoms with Crippen LogP contribution in [0, 0.1) is 5.92 Å². The molecule has 0 heterocycles. The van der Waals surface area contributed by atoms with E-state index >= 15 is 0 Å². The fraction of sp³-hybridized carbons (Fsp3) is 0.857. The first-order chi connectivity index (χ1) is 8.92. The molecule has 3 N–H and O–H groups in total. The van der Waals surface area contributed by atoms with Crippen LogP contribution >= 0.6 is 0 Å². The summed E-state index contributed by atoms with van der Waals surface area (Å²) in [7, 11) is 0. The van der Waals surface area contributed by atoms with Crippen molar-refractivity contribution in [1.29, 1.82) is 0 Å². The Balaban J connectivity index is 4.27. The molecule has 0 aliphatic carbocycles. The van der Waals surface area contributed by atoms with Crippen molar-refractivity contribution in [2.45, 2.75) is 58.9 Å². The molecule has 0 radical (unpaired) electrons. The van der Waals surface area contributed by atoms with Crippen molar-refractivity contribution in [2.75, 3.05) is 13.1 Å². The standard InChI is InChI=1S/C14H28N2O3/c1-4-12(7-9-15)5-6-13(17)16(11(2)3)10-8-14(18)19/h11-12H,4-10,15H2,1-3H3,(H,18,19). The lowest BCUT2D eigenvalue weighted by Crippen LogP contribution is -2.38. The SMILES string of the molecule is CCC(CCN)CCC(=O)N(CCC(=O)O)C(C)C. The Morgan fingerprint density at radius 2 is 1.84 bits per heavy atom. The van der Waals surface area contributed by atoms with Crippen molar-refractivity contribution in [1.82, 2.24) is 4.90 Å². The van der Waals surface area contributed by atoms with Crippen LogP contribution in [0.3, 0.4) is 0 Å². The van der Waals surface area contributed by atoms with E-state index in [0.717, 1.165) is 19.3 Å². The number of hydrogen-bond acceptors (Lipinski definition) is 3. The molecule has 1 unspecified atom stereocenters. The highest BCUT2D eigenvalue weighted by Crippen LogP contribution is 2.16. The molecule has 0 saturated heterocycles. The average molecular weight is 272 g/mol. The zero-order valence-corrected chi connectivity index (χ0v) is 12.4. The van der Waals surface area contributed by atoms with Gasteiger partial charge < -0.3 is 15.7 Å². The fourth-order valence-corrected chi connectivity index (χ4v) is 2.15. The summed E-state index contributed by atoms with van der Waals surface area (Å²) in [4.78, 5) is 24.4. The minimum Gasteiger partial charge on any atom is -0.481 e. The lowest BCUT2D eigenvalue weighted by atomic mass is 9.96. The minimum absolute atomic E-state index is 0.00390. The Bertz CT molecular complexity index is 280. The van der Waals surface area contributed by atoms with E-state index in [-0.39, 0.29) is 18.4 Å². The molecule has 0 bridgehead atoms. The van der Waals surface area contributed by atoms with E-state index in [1.807, 2.05) is 13.8 Å². The van der Waals surface area contributed by atoms with Crippen LogP contribution in [-0.4, -0.2) is 41.0 Å². The van der Waals surface area contributed by atoms with Gasteiger partial charge in [-0.15, -0.1) is 0 Å². The van der Waals surface area contributed by atoms with Gasteiger partial charge >= 0.3 is 5.97 Å². The van der Waals surface area contributed by atoms with Crippen LogP contribution in [0.4, 0.5) is 0 Å². The van der Waals surface area contributed by atoms with E-state index in [0.29, 0.717) is 25.4 Å². The van der Waals surface area contributed by atoms with E-state index in [1.54, 1.807) is 4.90 Å². The molecule has 0 spiro atoms. The predicted molar refractivity (Wildman–Crippen MR) is 75.8 cm³/mol. The number of hydrogen-bond donors (Lipinski definition) is 2. The summed E-state index contributed by atoms with van der Waals surface area (Å²) in [5.41, 5.74) is 5.54. The first-order valence-corrected chi connectivity index (χ1v) is 7.13. The maximum Gasteiger partial charge on any atom is 0.305 e. The van der Waals surface area contributed by atoms with Gasteiger partial charge in [-0.05, 0) is 39.2 Å². The molecule has 0 aliphatic rings. The second-order valence-electron chi connectivity index (χ2n) is 5.21. The van der Waals surface area contributed by atoms with Crippen molar-refractivity contribution < 1.29 is 14.7 Å². The molecule has 0 rings (SSSR count). The Morgan fingerprint density at radius 1 is 1.21 bits per heavy atom. The normalized spacial score (nSPS) is 12.5. The number of carbonyl (C=O) groups excluding carboxylic acids is 1. The molecule has 0 aromatic heterocycles. The highest BCUT2D eigenvalue weighted by atomic mass is 16.4. The third kappa shape index (κ3) is 7.82. The van der Waals surface area contributed by atoms with Gasteiger partial charge in [0.15, 0.2) is 0 Å². The summed E-state index contributed by atoms with van der Waals surface area (Å²) in [6.45, 7) is 6.88. The van der Waals surface area contributed by atoms with Crippen LogP contribution in [0.5, 0.6) is 0 Å². The number of rotatable bonds is 10. The second-order valence-corrected chi connectivity index (χ2v) is 5.21. The molecule has 0 saturated carbocycles. The number of carbonyl (C=O) groups is 2. The van der Waals surface area contributed by atoms with Crippen molar-refractivity contribution in [3.8, 4) is 0 Å². The molecule has 0 aliphatic heterocycles. The zero-order valence-electron chi connectivity index (χ0n) is 12.4. The van der Waals surface area contributed by atoms with Gasteiger partial charge in [-0.1, -0.05) is 13.3 Å². The quantitative estimate of drug-likeness (QED) is 0.635. The number of carboxylic acids is 1. The molecule has 0 aromatic rings. The van der Waals surface area contributed by atoms with Gasteiger partial charge in [0.25, 0.3) is 0 Å². The number of carboxylic acid groups (broad SMARTS) is 1. The highest BCUT2D eigenvalue weighted by Gasteiger charge is 2.18. The van der Waals surface area contributed by atoms with Gasteiger partial charge in [0, 0.05) is 19.0 Å². The third-order valence-electron chi connectivity index (χ3n) is 3.43. The number of amides is 1. The van der Waals surface area contributed by atoms with Gasteiger partial charge in [0.05, 0.1) is 6.42 Å². The fourth-order valence-electron chi connectivity index (χ4n) is 2.15. The maximum absolute atomic E-state index is 12.1. The maximum atomic E-state index is 12.1. The zero-order chi connectivity index (χ0) is 14.8. The van der Waals surface area contributed by atoms with Crippen LogP contribution in [0.25, 0.3) is 0 Å². The molecular formula is C14H28N2O3. The summed E-state index contributed by atoms with van der Waals surface area (Å²) in [6, 6.07) is 0.0430. The summed E-state index contributed by atoms with van der Waals surface area (Å²) >= 11 is 0. The Kier molecular flexibility index (Phi) is 9.21. The molecule has 5 nitrogen and oxygen atoms in total. The summed E-state index contributed by atoms with van der Waals surface area (Å²) in [5, 5.41) is 8.70. The first kappa shape index (κ1) is 17.9. The number of aliphatic carboxylic acids is 1. The van der Waals surface area contributed by atoms with Crippen molar-refractivity contribution >= 4 is 11.9 Å². The lowest BCUT2D eigenvalue weighted by Gasteiger charge is -2.27. The van der Waals surface area contributed by atoms with E-state index in [2.05, 4.69) is 6.92 Å². The lowest BCUT2D eigenvalue weighted by molar-refractivity contribution is -0.139. The monoisotopic (exact) mass is 272 g/mol. The molecular weight excluding hydrogens is 244 g/mol. The Morgan fingerprint density at radius 3 is 2.26 bits per heavy atom. The van der Waals surface area contributed by atoms with E-state index in [1.165, 1.54) is 0 Å². The Hall–Kier alpha value is -1.10. The second kappa shape index (κ2) is 9.78. The molecule has 112 valence electrons. The highest BCUT2D eigenvalue weighted by molar-refractivity contribution is 5.77. The molecule has 0 aromatic carbocycles. The van der Waals surface area contributed by atoms with E-state index in [9.17, 15) is 9.59 Å². The van der Waals surface area contributed by atoms with Crippen molar-refractivity contribution in [3.63, 3.8) is 0 Å². The van der Waals surface area contributed by atoms with Crippen molar-refractivity contribution in [2.24, 2.45) is 11.7 Å². The molecule has 5 heteroatoms. The van der Waals surface area contributed by atoms with Crippen molar-refractivity contribution in [3.05, 3.63) is 0 Å². The van der Waals surface area contributed by atoms with Crippen LogP contribution in [0.1, 0.15) is 52.9 Å². The molecule has 19 heavy (non-hydrogen) atoms. The van der Waals surface area contributed by atoms with Crippen LogP contribution in [-0.2, 0) is 9.59 Å². The van der Waals surface area contributed by atoms with Crippen LogP contribution in [0.2, 0.25) is 0 Å². The summed E-state index contributed by atoms with van der Waals surface area (Å²) in [5.74, 6) is -0.331. The minimum atomic E-state index is -0.868. The largest absolute Gasteiger partial charge is 0.481 e. The van der Waals surface area contributed by atoms with Crippen LogP contribution in [0.15, 0.2) is 0 Å². The van der Waals surface area contributed by atoms with Gasteiger partial charge in [0.1, 0.15) is 0 Å². The van der Waals surface area contributed by atoms with E-state index in [4.69, 9.17) is 10.8 Å². The van der Waals surface area contributed by atoms with Crippen LogP contribution < -0.4 is 5.73 Å². The summed E-state index contributed by atoms with van der Waals surface area (Å²) < 4.78 is 0. The molecule has 1 atom stereocenters. The number of nitrogens with two attached hydrogens (primary N) is 1. The topological polar surface area (TPSA) is 83.6 Å². The average Bonchev–Trinajstić information content (AvgIpc) is 2.33. The predicted octanol–water partition coefficient (Wildman–Crippen LogP) is 1.85. The van der Waals surface area contributed by atoms with Gasteiger partial charge in [0.2, 0.25) is 5.91 Å². The Labute approximate surface area is 116 Å². The number of nitrogens with zero attached hydrogens (tertiary/aromatic N) is 1.